The van der Waals surface area contributed by atoms with Crippen LogP contribution in [0.4, 0.5) is 11.6 Å². The Morgan fingerprint density at radius 2 is 2.00 bits per heavy atom. The summed E-state index contributed by atoms with van der Waals surface area (Å²) in [6, 6.07) is 6.76. The van der Waals surface area contributed by atoms with Gasteiger partial charge in [0.15, 0.2) is 0 Å². The van der Waals surface area contributed by atoms with Gasteiger partial charge in [0.05, 0.1) is 0 Å². The van der Waals surface area contributed by atoms with E-state index in [0.717, 1.165) is 24.7 Å². The molecule has 112 valence electrons. The first-order valence-electron chi connectivity index (χ1n) is 7.55. The van der Waals surface area contributed by atoms with Crippen LogP contribution in [0, 0.1) is 0 Å². The van der Waals surface area contributed by atoms with Crippen LogP contribution in [0.1, 0.15) is 34.1 Å². The van der Waals surface area contributed by atoms with E-state index in [-0.39, 0.29) is 5.54 Å². The molecular weight excluding hydrogens is 248 g/mol. The first-order chi connectivity index (χ1) is 9.35. The normalized spacial score (nSPS) is 21.6. The molecule has 4 nitrogen and oxygen atoms in total. The highest BCUT2D eigenvalue weighted by molar-refractivity contribution is 5.48. The van der Waals surface area contributed by atoms with Gasteiger partial charge in [-0.05, 0) is 59.8 Å². The van der Waals surface area contributed by atoms with Crippen LogP contribution < -0.4 is 10.2 Å². The van der Waals surface area contributed by atoms with E-state index in [0.29, 0.717) is 6.04 Å². The lowest BCUT2D eigenvalue weighted by atomic mass is 10.1. The van der Waals surface area contributed by atoms with Gasteiger partial charge in [-0.25, -0.2) is 4.98 Å². The highest BCUT2D eigenvalue weighted by Gasteiger charge is 2.21. The molecule has 1 aromatic heterocycles. The van der Waals surface area contributed by atoms with Gasteiger partial charge in [0.2, 0.25) is 0 Å². The molecule has 2 heterocycles. The number of aromatic nitrogens is 1. The molecule has 2 rings (SSSR count). The van der Waals surface area contributed by atoms with Crippen molar-refractivity contribution in [1.29, 1.82) is 0 Å². The van der Waals surface area contributed by atoms with Crippen LogP contribution in [0.5, 0.6) is 0 Å². The number of hydrogen-bond acceptors (Lipinski definition) is 4. The second-order valence-electron chi connectivity index (χ2n) is 6.91. The molecule has 1 atom stereocenters. The molecule has 0 aliphatic carbocycles. The standard InChI is InChI=1S/C16H28N4/c1-13-12-19(5)10-7-11-20(13)15-9-6-8-14(17-15)18-16(2,3)4/h6,8-9,13H,7,10-12H2,1-5H3,(H,17,18). The van der Waals surface area contributed by atoms with Gasteiger partial charge in [-0.1, -0.05) is 6.07 Å². The van der Waals surface area contributed by atoms with Gasteiger partial charge in [0, 0.05) is 24.7 Å². The van der Waals surface area contributed by atoms with E-state index < -0.39 is 0 Å². The fourth-order valence-electron chi connectivity index (χ4n) is 2.75. The van der Waals surface area contributed by atoms with Crippen molar-refractivity contribution >= 4 is 11.6 Å². The summed E-state index contributed by atoms with van der Waals surface area (Å²) in [5.41, 5.74) is 0.0379. The lowest BCUT2D eigenvalue weighted by molar-refractivity contribution is 0.337. The summed E-state index contributed by atoms with van der Waals surface area (Å²) in [4.78, 5) is 9.63. The zero-order valence-electron chi connectivity index (χ0n) is 13.5. The summed E-state index contributed by atoms with van der Waals surface area (Å²) >= 11 is 0. The molecular formula is C16H28N4. The molecule has 0 bridgehead atoms. The van der Waals surface area contributed by atoms with Gasteiger partial charge in [-0.15, -0.1) is 0 Å². The van der Waals surface area contributed by atoms with Crippen LogP contribution in [0.15, 0.2) is 18.2 Å². The maximum atomic E-state index is 4.80. The lowest BCUT2D eigenvalue weighted by Gasteiger charge is -2.30. The number of likely N-dealkylation sites (N-methyl/N-ethyl adjacent to an activating group) is 1. The maximum Gasteiger partial charge on any atom is 0.131 e. The van der Waals surface area contributed by atoms with Crippen LogP contribution in [0.25, 0.3) is 0 Å². The van der Waals surface area contributed by atoms with Gasteiger partial charge in [0.25, 0.3) is 0 Å². The number of pyridine rings is 1. The summed E-state index contributed by atoms with van der Waals surface area (Å²) in [7, 11) is 2.20. The molecule has 4 heteroatoms. The van der Waals surface area contributed by atoms with Gasteiger partial charge in [-0.3, -0.25) is 0 Å². The smallest absolute Gasteiger partial charge is 0.131 e. The Morgan fingerprint density at radius 3 is 2.70 bits per heavy atom. The van der Waals surface area contributed by atoms with Gasteiger partial charge in [0.1, 0.15) is 11.6 Å². The molecule has 0 aromatic carbocycles. The van der Waals surface area contributed by atoms with Crippen molar-refractivity contribution in [2.75, 3.05) is 36.9 Å². The molecule has 1 unspecified atom stereocenters. The van der Waals surface area contributed by atoms with E-state index in [1.54, 1.807) is 0 Å². The van der Waals surface area contributed by atoms with Gasteiger partial charge < -0.3 is 15.1 Å². The Balaban J connectivity index is 2.17. The summed E-state index contributed by atoms with van der Waals surface area (Å²) in [5, 5.41) is 3.45. The molecule has 1 aliphatic heterocycles. The molecule has 1 saturated heterocycles. The largest absolute Gasteiger partial charge is 0.365 e. The average Bonchev–Trinajstić information content (AvgIpc) is 2.48. The van der Waals surface area contributed by atoms with E-state index in [9.17, 15) is 0 Å². The van der Waals surface area contributed by atoms with Crippen LogP contribution in [-0.2, 0) is 0 Å². The van der Waals surface area contributed by atoms with Crippen molar-refractivity contribution < 1.29 is 0 Å². The summed E-state index contributed by atoms with van der Waals surface area (Å²) in [5.74, 6) is 2.04. The van der Waals surface area contributed by atoms with Crippen LogP contribution in [0.3, 0.4) is 0 Å². The Labute approximate surface area is 123 Å². The predicted octanol–water partition coefficient (Wildman–Crippen LogP) is 2.82. The quantitative estimate of drug-likeness (QED) is 0.900. The van der Waals surface area contributed by atoms with Crippen LogP contribution >= 0.6 is 0 Å². The van der Waals surface area contributed by atoms with Crippen molar-refractivity contribution in [2.24, 2.45) is 0 Å². The minimum atomic E-state index is 0.0379. The Bertz CT molecular complexity index is 438. The predicted molar refractivity (Wildman–Crippen MR) is 86.5 cm³/mol. The van der Waals surface area contributed by atoms with Crippen molar-refractivity contribution in [2.45, 2.75) is 45.7 Å². The molecule has 1 aliphatic rings. The van der Waals surface area contributed by atoms with Gasteiger partial charge >= 0.3 is 0 Å². The minimum Gasteiger partial charge on any atom is -0.365 e. The minimum absolute atomic E-state index is 0.0379. The topological polar surface area (TPSA) is 31.4 Å². The summed E-state index contributed by atoms with van der Waals surface area (Å²) < 4.78 is 0. The van der Waals surface area contributed by atoms with E-state index in [4.69, 9.17) is 4.98 Å². The van der Waals surface area contributed by atoms with Crippen molar-refractivity contribution in [3.63, 3.8) is 0 Å². The number of nitrogens with one attached hydrogen (secondary N) is 1. The van der Waals surface area contributed by atoms with E-state index in [1.807, 2.05) is 6.07 Å². The Morgan fingerprint density at radius 1 is 1.25 bits per heavy atom. The first kappa shape index (κ1) is 15.1. The molecule has 0 spiro atoms. The third-order valence-corrected chi connectivity index (χ3v) is 3.58. The Kier molecular flexibility index (Phi) is 4.53. The third-order valence-electron chi connectivity index (χ3n) is 3.58. The van der Waals surface area contributed by atoms with E-state index in [1.165, 1.54) is 13.0 Å². The average molecular weight is 276 g/mol. The van der Waals surface area contributed by atoms with Crippen molar-refractivity contribution in [1.82, 2.24) is 9.88 Å². The second kappa shape index (κ2) is 6.00. The van der Waals surface area contributed by atoms with Crippen molar-refractivity contribution in [3.8, 4) is 0 Å². The number of anilines is 2. The zero-order chi connectivity index (χ0) is 14.8. The first-order valence-corrected chi connectivity index (χ1v) is 7.55. The highest BCUT2D eigenvalue weighted by atomic mass is 15.3. The zero-order valence-corrected chi connectivity index (χ0v) is 13.5. The van der Waals surface area contributed by atoms with E-state index >= 15 is 0 Å². The SMILES string of the molecule is CC1CN(C)CCCN1c1cccc(NC(C)(C)C)n1. The van der Waals surface area contributed by atoms with Gasteiger partial charge in [-0.2, -0.15) is 0 Å². The number of rotatable bonds is 2. The number of hydrogen-bond donors (Lipinski definition) is 1. The fraction of sp³-hybridized carbons (Fsp3) is 0.688. The monoisotopic (exact) mass is 276 g/mol. The third kappa shape index (κ3) is 4.10. The molecule has 0 radical (unpaired) electrons. The Hall–Kier alpha value is -1.29. The molecule has 20 heavy (non-hydrogen) atoms. The van der Waals surface area contributed by atoms with E-state index in [2.05, 4.69) is 62.0 Å². The molecule has 1 N–H and O–H groups in total. The second-order valence-corrected chi connectivity index (χ2v) is 6.91. The number of nitrogens with zero attached hydrogens (tertiary/aromatic N) is 3. The molecule has 0 saturated carbocycles. The van der Waals surface area contributed by atoms with Crippen LogP contribution in [0.2, 0.25) is 0 Å². The van der Waals surface area contributed by atoms with Crippen LogP contribution in [-0.4, -0.2) is 48.1 Å². The summed E-state index contributed by atoms with van der Waals surface area (Å²) in [6.07, 6.45) is 1.19. The summed E-state index contributed by atoms with van der Waals surface area (Å²) in [6.45, 7) is 12.1. The fourth-order valence-corrected chi connectivity index (χ4v) is 2.75. The molecule has 1 aromatic rings. The molecule has 1 fully saturated rings. The van der Waals surface area contributed by atoms with Crippen molar-refractivity contribution in [3.05, 3.63) is 18.2 Å². The molecule has 0 amide bonds. The lowest BCUT2D eigenvalue weighted by Crippen LogP contribution is -2.38. The maximum absolute atomic E-state index is 4.80. The highest BCUT2D eigenvalue weighted by Crippen LogP contribution is 2.21.